The minimum Gasteiger partial charge on any atom is -0.489 e. The Kier molecular flexibility index (Phi) is 4.04. The summed E-state index contributed by atoms with van der Waals surface area (Å²) >= 11 is 6.07. The van der Waals surface area contributed by atoms with Crippen molar-refractivity contribution >= 4 is 27.3 Å². The van der Waals surface area contributed by atoms with Crippen LogP contribution in [0.1, 0.15) is 18.4 Å². The molecule has 2 aliphatic rings. The largest absolute Gasteiger partial charge is 0.489 e. The van der Waals surface area contributed by atoms with Gasteiger partial charge in [-0.2, -0.15) is 0 Å². The van der Waals surface area contributed by atoms with Crippen LogP contribution in [-0.4, -0.2) is 25.3 Å². The van der Waals surface area contributed by atoms with Crippen LogP contribution in [0.5, 0.6) is 5.75 Å². The van der Waals surface area contributed by atoms with Crippen molar-refractivity contribution in [2.75, 3.05) is 11.0 Å². The van der Waals surface area contributed by atoms with Crippen LogP contribution < -0.4 is 15.0 Å². The molecule has 6 nitrogen and oxygen atoms in total. The standard InChI is InChI=1S/C18H19ClN2O4S/c1-21-9-12(6-15(19)18(21)22)14-8-13(20-26(2,23)24)5-11-7-16(10-3-4-10)25-17(11)14/h5-6,8-10,16,20H,3-4,7H2,1-2H3. The van der Waals surface area contributed by atoms with Crippen LogP contribution in [0, 0.1) is 5.92 Å². The zero-order valence-electron chi connectivity index (χ0n) is 14.5. The molecular weight excluding hydrogens is 376 g/mol. The van der Waals surface area contributed by atoms with E-state index in [9.17, 15) is 13.2 Å². The number of nitrogens with one attached hydrogen (secondary N) is 1. The highest BCUT2D eigenvalue weighted by Crippen LogP contribution is 2.46. The van der Waals surface area contributed by atoms with Crippen LogP contribution in [0.3, 0.4) is 0 Å². The Morgan fingerprint density at radius 1 is 1.27 bits per heavy atom. The van der Waals surface area contributed by atoms with E-state index in [0.29, 0.717) is 17.2 Å². The van der Waals surface area contributed by atoms with E-state index < -0.39 is 10.0 Å². The molecule has 8 heteroatoms. The summed E-state index contributed by atoms with van der Waals surface area (Å²) in [6.45, 7) is 0. The van der Waals surface area contributed by atoms with Crippen LogP contribution in [0.2, 0.25) is 5.02 Å². The molecule has 2 aromatic rings. The lowest BCUT2D eigenvalue weighted by molar-refractivity contribution is 0.208. The summed E-state index contributed by atoms with van der Waals surface area (Å²) in [5.41, 5.74) is 2.60. The second-order valence-corrected chi connectivity index (χ2v) is 9.23. The van der Waals surface area contributed by atoms with Crippen LogP contribution in [0.15, 0.2) is 29.2 Å². The fraction of sp³-hybridized carbons (Fsp3) is 0.389. The van der Waals surface area contributed by atoms with Crippen LogP contribution in [-0.2, 0) is 23.5 Å². The summed E-state index contributed by atoms with van der Waals surface area (Å²) in [7, 11) is -1.78. The van der Waals surface area contributed by atoms with Crippen LogP contribution >= 0.6 is 11.6 Å². The van der Waals surface area contributed by atoms with Gasteiger partial charge in [0, 0.05) is 42.0 Å². The number of aromatic nitrogens is 1. The molecule has 138 valence electrons. The van der Waals surface area contributed by atoms with Gasteiger partial charge in [-0.15, -0.1) is 0 Å². The molecule has 2 heterocycles. The molecule has 1 fully saturated rings. The monoisotopic (exact) mass is 394 g/mol. The fourth-order valence-corrected chi connectivity index (χ4v) is 4.22. The van der Waals surface area contributed by atoms with Crippen molar-refractivity contribution < 1.29 is 13.2 Å². The maximum absolute atomic E-state index is 11.9. The number of hydrogen-bond donors (Lipinski definition) is 1. The highest BCUT2D eigenvalue weighted by molar-refractivity contribution is 7.92. The lowest BCUT2D eigenvalue weighted by Gasteiger charge is -2.14. The van der Waals surface area contributed by atoms with Gasteiger partial charge in [-0.3, -0.25) is 9.52 Å². The maximum Gasteiger partial charge on any atom is 0.269 e. The average molecular weight is 395 g/mol. The molecule has 1 aliphatic heterocycles. The molecule has 1 aromatic heterocycles. The number of ether oxygens (including phenoxy) is 1. The van der Waals surface area contributed by atoms with Crippen molar-refractivity contribution in [3.8, 4) is 16.9 Å². The minimum absolute atomic E-state index is 0.108. The summed E-state index contributed by atoms with van der Waals surface area (Å²) in [6, 6.07) is 5.15. The molecule has 4 rings (SSSR count). The Hall–Kier alpha value is -1.99. The van der Waals surface area contributed by atoms with E-state index in [-0.39, 0.29) is 16.7 Å². The number of benzene rings is 1. The molecule has 0 bridgehead atoms. The molecule has 1 N–H and O–H groups in total. The number of nitrogens with zero attached hydrogens (tertiary/aromatic N) is 1. The highest BCUT2D eigenvalue weighted by atomic mass is 35.5. The second-order valence-electron chi connectivity index (χ2n) is 7.08. The molecule has 1 unspecified atom stereocenters. The van der Waals surface area contributed by atoms with Crippen molar-refractivity contribution in [1.82, 2.24) is 4.57 Å². The SMILES string of the molecule is Cn1cc(-c2cc(NS(C)(=O)=O)cc3c2OC(C2CC2)C3)cc(Cl)c1=O. The Labute approximate surface area is 156 Å². The predicted octanol–water partition coefficient (Wildman–Crippen LogP) is 2.79. The van der Waals surface area contributed by atoms with Crippen molar-refractivity contribution in [1.29, 1.82) is 0 Å². The first kappa shape index (κ1) is 17.4. The molecule has 1 aromatic carbocycles. The number of rotatable bonds is 4. The third-order valence-corrected chi connectivity index (χ3v) is 5.64. The van der Waals surface area contributed by atoms with E-state index in [2.05, 4.69) is 4.72 Å². The van der Waals surface area contributed by atoms with E-state index in [4.69, 9.17) is 16.3 Å². The number of sulfonamides is 1. The third kappa shape index (κ3) is 3.33. The highest BCUT2D eigenvalue weighted by Gasteiger charge is 2.38. The van der Waals surface area contributed by atoms with Gasteiger partial charge in [0.1, 0.15) is 16.9 Å². The minimum atomic E-state index is -3.41. The smallest absolute Gasteiger partial charge is 0.269 e. The van der Waals surface area contributed by atoms with E-state index in [1.54, 1.807) is 25.4 Å². The van der Waals surface area contributed by atoms with Crippen molar-refractivity contribution in [2.24, 2.45) is 13.0 Å². The molecule has 0 spiro atoms. The van der Waals surface area contributed by atoms with Crippen molar-refractivity contribution in [2.45, 2.75) is 25.4 Å². The van der Waals surface area contributed by atoms with Gasteiger partial charge < -0.3 is 9.30 Å². The van der Waals surface area contributed by atoms with Crippen LogP contribution in [0.25, 0.3) is 11.1 Å². The lowest BCUT2D eigenvalue weighted by Crippen LogP contribution is -2.16. The molecule has 1 saturated carbocycles. The van der Waals surface area contributed by atoms with Gasteiger partial charge in [0.15, 0.2) is 0 Å². The maximum atomic E-state index is 11.9. The molecule has 0 radical (unpaired) electrons. The third-order valence-electron chi connectivity index (χ3n) is 4.76. The normalized spacial score (nSPS) is 19.1. The lowest BCUT2D eigenvalue weighted by atomic mass is 10.00. The summed E-state index contributed by atoms with van der Waals surface area (Å²) < 4.78 is 33.5. The number of pyridine rings is 1. The number of hydrogen-bond acceptors (Lipinski definition) is 4. The molecule has 26 heavy (non-hydrogen) atoms. The zero-order valence-corrected chi connectivity index (χ0v) is 16.0. The molecular formula is C18H19ClN2O4S. The predicted molar refractivity (Wildman–Crippen MR) is 101 cm³/mol. The van der Waals surface area contributed by atoms with E-state index in [1.807, 2.05) is 6.07 Å². The zero-order chi connectivity index (χ0) is 18.6. The first-order chi connectivity index (χ1) is 12.2. The number of fused-ring (bicyclic) bond motifs is 1. The second kappa shape index (κ2) is 6.03. The summed E-state index contributed by atoms with van der Waals surface area (Å²) in [4.78, 5) is 11.9. The Morgan fingerprint density at radius 2 is 2.00 bits per heavy atom. The molecule has 1 aliphatic carbocycles. The van der Waals surface area contributed by atoms with Crippen LogP contribution in [0.4, 0.5) is 5.69 Å². The van der Waals surface area contributed by atoms with Crippen molar-refractivity contribution in [3.63, 3.8) is 0 Å². The quantitative estimate of drug-likeness (QED) is 0.864. The van der Waals surface area contributed by atoms with E-state index in [0.717, 1.165) is 42.4 Å². The van der Waals surface area contributed by atoms with E-state index in [1.165, 1.54) is 4.57 Å². The fourth-order valence-electron chi connectivity index (χ4n) is 3.43. The number of halogens is 1. The Balaban J connectivity index is 1.86. The van der Waals surface area contributed by atoms with Gasteiger partial charge >= 0.3 is 0 Å². The first-order valence-corrected chi connectivity index (χ1v) is 10.7. The summed E-state index contributed by atoms with van der Waals surface area (Å²) in [5.74, 6) is 1.31. The Morgan fingerprint density at radius 3 is 2.62 bits per heavy atom. The topological polar surface area (TPSA) is 77.4 Å². The van der Waals surface area contributed by atoms with Gasteiger partial charge in [-0.25, -0.2) is 8.42 Å². The van der Waals surface area contributed by atoms with Crippen molar-refractivity contribution in [3.05, 3.63) is 45.3 Å². The average Bonchev–Trinajstić information content (AvgIpc) is 3.29. The Bertz CT molecular complexity index is 1030. The molecule has 0 amide bonds. The van der Waals surface area contributed by atoms with Gasteiger partial charge in [0.2, 0.25) is 10.0 Å². The van der Waals surface area contributed by atoms with E-state index >= 15 is 0 Å². The summed E-state index contributed by atoms with van der Waals surface area (Å²) in [6.07, 6.45) is 6.00. The van der Waals surface area contributed by atoms with Gasteiger partial charge in [-0.1, -0.05) is 11.6 Å². The number of aryl methyl sites for hydroxylation is 1. The summed E-state index contributed by atoms with van der Waals surface area (Å²) in [5, 5.41) is 0.108. The number of anilines is 1. The first-order valence-electron chi connectivity index (χ1n) is 8.39. The van der Waals surface area contributed by atoms with Gasteiger partial charge in [0.25, 0.3) is 5.56 Å². The van der Waals surface area contributed by atoms with Gasteiger partial charge in [-0.05, 0) is 37.0 Å². The molecule has 0 saturated heterocycles. The molecule has 1 atom stereocenters. The van der Waals surface area contributed by atoms with Gasteiger partial charge in [0.05, 0.1) is 6.26 Å².